The third-order valence-electron chi connectivity index (χ3n) is 3.94. The van der Waals surface area contributed by atoms with Gasteiger partial charge in [0.1, 0.15) is 8.24 Å². The fourth-order valence-electron chi connectivity index (χ4n) is 3.13. The van der Waals surface area contributed by atoms with Crippen LogP contribution in [0.1, 0.15) is 53.4 Å². The number of hydrogen-bond donors (Lipinski definition) is 1. The molecule has 0 aliphatic heterocycles. The molecule has 0 bridgehead atoms. The summed E-state index contributed by atoms with van der Waals surface area (Å²) in [5.41, 5.74) is 0.206. The van der Waals surface area contributed by atoms with Crippen molar-refractivity contribution in [1.82, 2.24) is 4.98 Å². The first-order valence-electron chi connectivity index (χ1n) is 7.39. The molecule has 0 atom stereocenters. The first-order chi connectivity index (χ1) is 8.22. The van der Waals surface area contributed by atoms with Gasteiger partial charge in [0.05, 0.1) is 0 Å². The second-order valence-corrected chi connectivity index (χ2v) is 11.6. The molecule has 1 N–H and O–H groups in total. The zero-order valence-electron chi connectivity index (χ0n) is 13.1. The Morgan fingerprint density at radius 1 is 1.06 bits per heavy atom. The molecule has 0 saturated heterocycles. The Balaban J connectivity index is 2.84. The number of rotatable bonds is 6. The highest BCUT2D eigenvalue weighted by Gasteiger charge is 2.45. The summed E-state index contributed by atoms with van der Waals surface area (Å²) in [6.07, 6.45) is 14.7. The van der Waals surface area contributed by atoms with Gasteiger partial charge in [-0.15, -0.1) is 0 Å². The minimum atomic E-state index is -1.53. The standard InChI is InChI=1S/C16H31NSi/c1-7-8-9-12-16(13-10-11-14-16)18(5,6)17-15(2,3)4/h10-11,13-14,17H,7-9,12H2,1-6H3. The lowest BCUT2D eigenvalue weighted by Crippen LogP contribution is -2.60. The van der Waals surface area contributed by atoms with Crippen molar-refractivity contribution in [2.24, 2.45) is 0 Å². The maximum atomic E-state index is 3.94. The van der Waals surface area contributed by atoms with Crippen molar-refractivity contribution < 1.29 is 0 Å². The van der Waals surface area contributed by atoms with E-state index in [-0.39, 0.29) is 5.54 Å². The highest BCUT2D eigenvalue weighted by molar-refractivity contribution is 6.79. The Bertz CT molecular complexity index is 308. The Hall–Kier alpha value is -0.343. The quantitative estimate of drug-likeness (QED) is 0.525. The van der Waals surface area contributed by atoms with Crippen molar-refractivity contribution in [2.75, 3.05) is 0 Å². The van der Waals surface area contributed by atoms with E-state index in [9.17, 15) is 0 Å². The predicted molar refractivity (Wildman–Crippen MR) is 85.5 cm³/mol. The molecular weight excluding hydrogens is 234 g/mol. The summed E-state index contributed by atoms with van der Waals surface area (Å²) in [6, 6.07) is 0. The molecule has 0 saturated carbocycles. The summed E-state index contributed by atoms with van der Waals surface area (Å²) in [5.74, 6) is 0. The van der Waals surface area contributed by atoms with Gasteiger partial charge in [0, 0.05) is 10.6 Å². The maximum absolute atomic E-state index is 3.94. The van der Waals surface area contributed by atoms with Crippen LogP contribution in [0.15, 0.2) is 24.3 Å². The van der Waals surface area contributed by atoms with Gasteiger partial charge in [-0.1, -0.05) is 63.6 Å². The molecule has 0 unspecified atom stereocenters. The Morgan fingerprint density at radius 3 is 2.06 bits per heavy atom. The summed E-state index contributed by atoms with van der Waals surface area (Å²) in [4.78, 5) is 3.94. The van der Waals surface area contributed by atoms with Crippen LogP contribution in [-0.2, 0) is 0 Å². The summed E-state index contributed by atoms with van der Waals surface area (Å²) in [7, 11) is -1.53. The average Bonchev–Trinajstić information content (AvgIpc) is 2.64. The van der Waals surface area contributed by atoms with Crippen LogP contribution < -0.4 is 4.98 Å². The van der Waals surface area contributed by atoms with Gasteiger partial charge in [0.2, 0.25) is 0 Å². The van der Waals surface area contributed by atoms with E-state index < -0.39 is 8.24 Å². The molecule has 0 amide bonds. The monoisotopic (exact) mass is 265 g/mol. The average molecular weight is 266 g/mol. The molecule has 1 rings (SSSR count). The van der Waals surface area contributed by atoms with Crippen LogP contribution in [0.4, 0.5) is 0 Å². The number of allylic oxidation sites excluding steroid dienone is 4. The maximum Gasteiger partial charge on any atom is 0.133 e. The van der Waals surface area contributed by atoms with Crippen molar-refractivity contribution in [3.05, 3.63) is 24.3 Å². The van der Waals surface area contributed by atoms with Gasteiger partial charge in [0.15, 0.2) is 0 Å². The summed E-state index contributed by atoms with van der Waals surface area (Å²) < 4.78 is 0. The summed E-state index contributed by atoms with van der Waals surface area (Å²) in [6.45, 7) is 14.1. The van der Waals surface area contributed by atoms with Gasteiger partial charge in [-0.05, 0) is 27.2 Å². The van der Waals surface area contributed by atoms with E-state index in [0.29, 0.717) is 5.04 Å². The molecule has 2 heteroatoms. The molecular formula is C16H31NSi. The topological polar surface area (TPSA) is 12.0 Å². The van der Waals surface area contributed by atoms with Crippen molar-refractivity contribution in [3.8, 4) is 0 Å². The Labute approximate surface area is 115 Å². The van der Waals surface area contributed by atoms with Crippen LogP contribution in [0.5, 0.6) is 0 Å². The van der Waals surface area contributed by atoms with Crippen LogP contribution >= 0.6 is 0 Å². The second-order valence-electron chi connectivity index (χ2n) is 7.22. The van der Waals surface area contributed by atoms with Crippen molar-refractivity contribution >= 4 is 8.24 Å². The smallest absolute Gasteiger partial charge is 0.133 e. The number of hydrogen-bond acceptors (Lipinski definition) is 1. The molecule has 0 radical (unpaired) electrons. The molecule has 0 aromatic heterocycles. The van der Waals surface area contributed by atoms with Crippen LogP contribution in [0.3, 0.4) is 0 Å². The first-order valence-corrected chi connectivity index (χ1v) is 10.4. The lowest BCUT2D eigenvalue weighted by Gasteiger charge is -2.45. The largest absolute Gasteiger partial charge is 0.332 e. The van der Waals surface area contributed by atoms with E-state index in [1.807, 2.05) is 0 Å². The molecule has 0 spiro atoms. The molecule has 1 nitrogen and oxygen atoms in total. The zero-order valence-corrected chi connectivity index (χ0v) is 14.1. The first kappa shape index (κ1) is 15.7. The molecule has 0 aromatic carbocycles. The van der Waals surface area contributed by atoms with E-state index in [0.717, 1.165) is 0 Å². The van der Waals surface area contributed by atoms with E-state index in [4.69, 9.17) is 0 Å². The molecule has 0 heterocycles. The lowest BCUT2D eigenvalue weighted by atomic mass is 10.0. The molecule has 1 aliphatic rings. The molecule has 104 valence electrons. The molecule has 0 fully saturated rings. The van der Waals surface area contributed by atoms with E-state index in [1.54, 1.807) is 0 Å². The van der Waals surface area contributed by atoms with E-state index in [2.05, 4.69) is 70.1 Å². The van der Waals surface area contributed by atoms with Crippen LogP contribution in [-0.4, -0.2) is 13.8 Å². The Morgan fingerprint density at radius 2 is 1.61 bits per heavy atom. The van der Waals surface area contributed by atoms with Gasteiger partial charge in [-0.3, -0.25) is 0 Å². The van der Waals surface area contributed by atoms with Crippen LogP contribution in [0.25, 0.3) is 0 Å². The third kappa shape index (κ3) is 3.82. The minimum absolute atomic E-state index is 0.206. The SMILES string of the molecule is CCCCCC1([Si](C)(C)NC(C)(C)C)C=CC=C1. The van der Waals surface area contributed by atoms with E-state index in [1.165, 1.54) is 25.7 Å². The van der Waals surface area contributed by atoms with Gasteiger partial charge < -0.3 is 4.98 Å². The Kier molecular flexibility index (Phi) is 5.02. The fourth-order valence-corrected chi connectivity index (χ4v) is 7.06. The minimum Gasteiger partial charge on any atom is -0.332 e. The summed E-state index contributed by atoms with van der Waals surface area (Å²) in [5, 5.41) is 0.315. The fraction of sp³-hybridized carbons (Fsp3) is 0.750. The highest BCUT2D eigenvalue weighted by atomic mass is 28.3. The van der Waals surface area contributed by atoms with Gasteiger partial charge >= 0.3 is 0 Å². The number of nitrogens with one attached hydrogen (secondary N) is 1. The second kappa shape index (κ2) is 5.75. The van der Waals surface area contributed by atoms with Crippen LogP contribution in [0, 0.1) is 0 Å². The van der Waals surface area contributed by atoms with Crippen molar-refractivity contribution in [1.29, 1.82) is 0 Å². The lowest BCUT2D eigenvalue weighted by molar-refractivity contribution is 0.493. The van der Waals surface area contributed by atoms with Gasteiger partial charge in [-0.25, -0.2) is 0 Å². The van der Waals surface area contributed by atoms with Gasteiger partial charge in [0.25, 0.3) is 0 Å². The van der Waals surface area contributed by atoms with Crippen molar-refractivity contribution in [2.45, 2.75) is 77.0 Å². The van der Waals surface area contributed by atoms with Gasteiger partial charge in [-0.2, -0.15) is 0 Å². The third-order valence-corrected chi connectivity index (χ3v) is 8.23. The normalized spacial score (nSPS) is 18.6. The van der Waals surface area contributed by atoms with Crippen molar-refractivity contribution in [3.63, 3.8) is 0 Å². The van der Waals surface area contributed by atoms with Crippen LogP contribution in [0.2, 0.25) is 18.1 Å². The van der Waals surface area contributed by atoms with E-state index >= 15 is 0 Å². The molecule has 0 aromatic rings. The zero-order chi connectivity index (χ0) is 13.9. The highest BCUT2D eigenvalue weighted by Crippen LogP contribution is 2.47. The summed E-state index contributed by atoms with van der Waals surface area (Å²) >= 11 is 0. The predicted octanol–water partition coefficient (Wildman–Crippen LogP) is 5.03. The number of unbranched alkanes of at least 4 members (excludes halogenated alkanes) is 2. The molecule has 18 heavy (non-hydrogen) atoms. The molecule has 1 aliphatic carbocycles.